The number of unbranched alkanes of at least 4 members (excludes halogenated alkanes) is 35. The summed E-state index contributed by atoms with van der Waals surface area (Å²) in [7, 11) is -3.41. The van der Waals surface area contributed by atoms with Gasteiger partial charge in [-0.15, -0.1) is 0 Å². The topological polar surface area (TPSA) is 205 Å². The van der Waals surface area contributed by atoms with Crippen molar-refractivity contribution in [2.24, 2.45) is 0 Å². The fraction of sp³-hybridized carbons (Fsp3) is 0.938. The zero-order valence-electron chi connectivity index (χ0n) is 66.7. The Kier molecular flexibility index (Phi) is 131. The van der Waals surface area contributed by atoms with E-state index < -0.39 is 16.6 Å². The van der Waals surface area contributed by atoms with Crippen LogP contribution in [0.25, 0.3) is 0 Å². The number of hydrogen-bond donors (Lipinski definition) is 1. The van der Waals surface area contributed by atoms with Gasteiger partial charge in [-0.25, -0.2) is 0 Å². The Bertz CT molecular complexity index is 1350. The first-order valence-corrected chi connectivity index (χ1v) is 46.6. The van der Waals surface area contributed by atoms with Gasteiger partial charge in [0.15, 0.2) is 8.32 Å². The molecule has 101 heavy (non-hydrogen) atoms. The first kappa shape index (κ1) is 115. The number of thiol groups is 1. The Morgan fingerprint density at radius 2 is 0.406 bits per heavy atom. The van der Waals surface area contributed by atoms with Gasteiger partial charge >= 0.3 is 0 Å². The summed E-state index contributed by atoms with van der Waals surface area (Å²) in [6, 6.07) is 2.31. The van der Waals surface area contributed by atoms with Gasteiger partial charge in [0.05, 0.1) is 138 Å². The van der Waals surface area contributed by atoms with Crippen molar-refractivity contribution in [1.29, 1.82) is 0 Å². The molecule has 612 valence electrons. The fourth-order valence-corrected chi connectivity index (χ4v) is 15.5. The van der Waals surface area contributed by atoms with Crippen LogP contribution in [0.2, 0.25) is 31.7 Å². The van der Waals surface area contributed by atoms with E-state index in [0.717, 1.165) is 63.5 Å². The maximum atomic E-state index is 8.00. The Morgan fingerprint density at radius 3 is 0.634 bits per heavy atom. The van der Waals surface area contributed by atoms with Crippen LogP contribution in [0.1, 0.15) is 292 Å². The highest BCUT2D eigenvalue weighted by Gasteiger charge is 2.29. The number of hydrogen-bond acceptors (Lipinski definition) is 19. The molecule has 0 spiro atoms. The van der Waals surface area contributed by atoms with Gasteiger partial charge in [0, 0.05) is 19.8 Å². The number of ether oxygens (including phenoxy) is 11. The van der Waals surface area contributed by atoms with Crippen LogP contribution < -0.4 is 0 Å². The summed E-state index contributed by atoms with van der Waals surface area (Å²) in [6.45, 7) is 40.6. The minimum Gasteiger partial charge on any atom is -0.415 e. The smallest absolute Gasteiger partial charge is 0.215 e. The van der Waals surface area contributed by atoms with Crippen molar-refractivity contribution in [1.82, 2.24) is 0 Å². The van der Waals surface area contributed by atoms with Gasteiger partial charge in [-0.3, -0.25) is 0 Å². The molecule has 0 aliphatic heterocycles. The molecule has 18 nitrogen and oxygen atoms in total. The van der Waals surface area contributed by atoms with Crippen LogP contribution in [0, 0.1) is 0 Å². The summed E-state index contributed by atoms with van der Waals surface area (Å²) in [5.74, 6) is 0.893. The highest BCUT2D eigenvalue weighted by Crippen LogP contribution is 2.19. The average Bonchev–Trinajstić information content (AvgIpc) is 0.923. The molecule has 0 amide bonds. The second kappa shape index (κ2) is 114. The van der Waals surface area contributed by atoms with E-state index >= 15 is 0 Å². The van der Waals surface area contributed by atoms with Gasteiger partial charge in [-0.2, -0.15) is 12.6 Å². The summed E-state index contributed by atoms with van der Waals surface area (Å²) in [6.07, 6.45) is 55.1. The van der Waals surface area contributed by atoms with Gasteiger partial charge < -0.3 is 84.9 Å². The van der Waals surface area contributed by atoms with Crippen LogP contribution in [0.4, 0.5) is 0 Å². The third kappa shape index (κ3) is 117. The second-order valence-corrected chi connectivity index (χ2v) is 34.8. The molecule has 0 aliphatic carbocycles. The first-order valence-electron chi connectivity index (χ1n) is 40.0. The summed E-state index contributed by atoms with van der Waals surface area (Å²) < 4.78 is 74.7. The highest BCUT2D eigenvalue weighted by atomic mass is 32.1. The molecule has 0 radical (unpaired) electrons. The molecule has 0 N–H and O–H groups in total. The van der Waals surface area contributed by atoms with Crippen molar-refractivity contribution in [3.8, 4) is 0 Å². The zero-order valence-corrected chi connectivity index (χ0v) is 69.6. The molecule has 1 unspecified atom stereocenters. The molecule has 0 bridgehead atoms. The minimum absolute atomic E-state index is 0. The molecule has 21 heteroatoms. The summed E-state index contributed by atoms with van der Waals surface area (Å²) in [4.78, 5) is 40.0. The maximum Gasteiger partial charge on any atom is 0.215 e. The molecule has 0 rings (SSSR count). The van der Waals surface area contributed by atoms with Crippen molar-refractivity contribution < 1.29 is 84.9 Å². The van der Waals surface area contributed by atoms with Crippen LogP contribution in [-0.4, -0.2) is 215 Å². The number of rotatable bonds is 80. The maximum absolute atomic E-state index is 8.00. The van der Waals surface area contributed by atoms with E-state index in [4.69, 9.17) is 84.9 Å². The molecule has 0 aromatic carbocycles. The Labute approximate surface area is 632 Å². The van der Waals surface area contributed by atoms with Crippen molar-refractivity contribution in [3.63, 3.8) is 0 Å². The van der Waals surface area contributed by atoms with Crippen molar-refractivity contribution in [2.75, 3.05) is 164 Å². The van der Waals surface area contributed by atoms with E-state index in [2.05, 4.69) is 60.0 Å². The SMILES string of the molecule is C.C=O.C=O.C=O.C=O.C=O.CCCCCCCCCCCCCCCCCOC[Si](C)(CCCS)OCCOCCOCCOCCOCCOCCCCCCCCCCCCC.CCCCCCCCCCCCCOCCOCCOCCOCCOCCO[Si](C)(C)CCCC. The third-order valence-electron chi connectivity index (χ3n) is 16.5. The van der Waals surface area contributed by atoms with Crippen molar-refractivity contribution in [2.45, 2.75) is 324 Å². The Morgan fingerprint density at radius 1 is 0.218 bits per heavy atom. The van der Waals surface area contributed by atoms with Crippen LogP contribution in [0.15, 0.2) is 0 Å². The van der Waals surface area contributed by atoms with E-state index in [0.29, 0.717) is 132 Å². The lowest BCUT2D eigenvalue weighted by Gasteiger charge is -2.27. The lowest BCUT2D eigenvalue weighted by Crippen LogP contribution is -2.41. The van der Waals surface area contributed by atoms with Gasteiger partial charge in [0.2, 0.25) is 8.32 Å². The van der Waals surface area contributed by atoms with Crippen molar-refractivity contribution in [3.05, 3.63) is 0 Å². The van der Waals surface area contributed by atoms with Crippen molar-refractivity contribution >= 4 is 63.2 Å². The highest BCUT2D eigenvalue weighted by molar-refractivity contribution is 7.80. The molecular formula is C80H170O18SSi2. The lowest BCUT2D eigenvalue weighted by atomic mass is 10.0. The molecule has 0 aromatic heterocycles. The normalized spacial score (nSPS) is 11.4. The standard InChI is InChI=1S/C45H94O7SSi.C29H62O6Si.5CH2O.CH4/c1-4-6-8-10-12-14-16-17-18-19-21-23-25-27-29-32-51-45-54(3,44-30-43-53)52-42-41-50-40-39-49-38-37-48-36-35-47-34-33-46-31-28-26-24-22-20-15-13-11-9-7-5-2;1-5-7-9-10-11-12-13-14-15-16-17-18-30-19-20-31-21-22-32-23-24-33-25-26-34-27-28-35-36(3,4)29-8-6-2;5*1-2;/h53H,4-45H2,1-3H3;5-29H2,1-4H3;5*1H2;1H4. The lowest BCUT2D eigenvalue weighted by molar-refractivity contribution is -0.0987. The fourth-order valence-electron chi connectivity index (χ4n) is 10.6. The Balaban J connectivity index is -0.000000266. The second-order valence-electron chi connectivity index (χ2n) is 26.0. The summed E-state index contributed by atoms with van der Waals surface area (Å²) >= 11 is 4.44. The van der Waals surface area contributed by atoms with E-state index in [1.165, 1.54) is 237 Å². The zero-order chi connectivity index (χ0) is 75.6. The predicted molar refractivity (Wildman–Crippen MR) is 433 cm³/mol. The molecule has 0 saturated heterocycles. The summed E-state index contributed by atoms with van der Waals surface area (Å²) in [5, 5.41) is 0. The third-order valence-corrected chi connectivity index (χ3v) is 22.4. The van der Waals surface area contributed by atoms with Gasteiger partial charge in [-0.05, 0) is 63.2 Å². The van der Waals surface area contributed by atoms with E-state index in [1.54, 1.807) is 0 Å². The predicted octanol–water partition coefficient (Wildman–Crippen LogP) is 19.8. The molecule has 0 saturated carbocycles. The summed E-state index contributed by atoms with van der Waals surface area (Å²) in [5.41, 5.74) is 0. The Hall–Kier alpha value is -1.39. The minimum atomic E-state index is -1.92. The van der Waals surface area contributed by atoms with Crippen LogP contribution in [-0.2, 0) is 84.9 Å². The van der Waals surface area contributed by atoms with Crippen LogP contribution in [0.3, 0.4) is 0 Å². The van der Waals surface area contributed by atoms with Gasteiger partial charge in [0.1, 0.15) is 33.9 Å². The largest absolute Gasteiger partial charge is 0.415 e. The van der Waals surface area contributed by atoms with Gasteiger partial charge in [0.25, 0.3) is 0 Å². The molecule has 0 fully saturated rings. The van der Waals surface area contributed by atoms with Crippen LogP contribution >= 0.6 is 12.6 Å². The molecule has 1 atom stereocenters. The number of carbonyl (C=O) groups is 5. The molecule has 0 aromatic rings. The first-order chi connectivity index (χ1) is 49.3. The number of carbonyl (C=O) groups excluding carboxylic acids is 5. The van der Waals surface area contributed by atoms with E-state index in [-0.39, 0.29) is 7.43 Å². The van der Waals surface area contributed by atoms with E-state index in [1.807, 2.05) is 33.9 Å². The average molecular weight is 1510 g/mol. The monoisotopic (exact) mass is 1510 g/mol. The quantitative estimate of drug-likeness (QED) is 0.0341. The molecule has 0 aliphatic rings. The van der Waals surface area contributed by atoms with E-state index in [9.17, 15) is 0 Å². The molecule has 0 heterocycles. The molecular weight excluding hydrogens is 1340 g/mol. The van der Waals surface area contributed by atoms with Gasteiger partial charge in [-0.1, -0.05) is 266 Å². The van der Waals surface area contributed by atoms with Crippen LogP contribution in [0.5, 0.6) is 0 Å².